The van der Waals surface area contributed by atoms with Crippen LogP contribution in [0.3, 0.4) is 0 Å². The minimum Gasteiger partial charge on any atom is -0.462 e. The van der Waals surface area contributed by atoms with Crippen LogP contribution in [0.1, 0.15) is 219 Å². The van der Waals surface area contributed by atoms with Gasteiger partial charge < -0.3 is 64.2 Å². The normalized spacial score (nSPS) is 25.3. The van der Waals surface area contributed by atoms with Crippen molar-refractivity contribution in [2.45, 2.75) is 286 Å². The molecule has 0 spiro atoms. The Bertz CT molecular complexity index is 1300. The highest BCUT2D eigenvalue weighted by Gasteiger charge is 2.47. The Morgan fingerprint density at radius 2 is 0.886 bits per heavy atom. The summed E-state index contributed by atoms with van der Waals surface area (Å²) in [6.07, 6.45) is 26.6. The van der Waals surface area contributed by atoms with Gasteiger partial charge in [-0.3, -0.25) is 9.59 Å². The van der Waals surface area contributed by atoms with E-state index in [0.717, 1.165) is 51.4 Å². The van der Waals surface area contributed by atoms with Gasteiger partial charge in [-0.15, -0.1) is 6.58 Å². The minimum atomic E-state index is -1.76. The van der Waals surface area contributed by atoms with Gasteiger partial charge in [0.2, 0.25) is 0 Å². The SMILES string of the molecule is C=CCCCCCCCCCCCCCCCC(=O)OC[C@H](CO[C@H]1O[C@@H](CO[C@H]2O[C@@H](CO)[C@@H](O)C(O)C2O)[C@@H](O)C(O)C1O)OC(=O)CCCCCCCCCCC/C=C/CCCCCCCC. The lowest BCUT2D eigenvalue weighted by Gasteiger charge is -2.42. The highest BCUT2D eigenvalue weighted by molar-refractivity contribution is 5.70. The first-order chi connectivity index (χ1) is 34.0. The first kappa shape index (κ1) is 64.1. The number of carbonyl (C=O) groups excluding carboxylic acids is 2. The molecule has 15 heteroatoms. The van der Waals surface area contributed by atoms with Crippen molar-refractivity contribution in [1.29, 1.82) is 0 Å². The molecule has 0 radical (unpaired) electrons. The molecule has 0 bridgehead atoms. The van der Waals surface area contributed by atoms with E-state index < -0.39 is 92.7 Å². The van der Waals surface area contributed by atoms with Crippen molar-refractivity contribution in [3.63, 3.8) is 0 Å². The summed E-state index contributed by atoms with van der Waals surface area (Å²) >= 11 is 0. The maximum Gasteiger partial charge on any atom is 0.306 e. The lowest BCUT2D eigenvalue weighted by atomic mass is 9.98. The summed E-state index contributed by atoms with van der Waals surface area (Å²) in [4.78, 5) is 25.8. The zero-order valence-corrected chi connectivity index (χ0v) is 43.3. The van der Waals surface area contributed by atoms with Crippen molar-refractivity contribution >= 4 is 11.9 Å². The molecule has 0 aromatic carbocycles. The molecule has 2 rings (SSSR count). The molecule has 2 aliphatic rings. The number of esters is 2. The van der Waals surface area contributed by atoms with Crippen LogP contribution in [0.4, 0.5) is 0 Å². The molecule has 2 aliphatic heterocycles. The van der Waals surface area contributed by atoms with Gasteiger partial charge in [-0.25, -0.2) is 0 Å². The first-order valence-electron chi connectivity index (χ1n) is 27.9. The Morgan fingerprint density at radius 1 is 0.486 bits per heavy atom. The Hall–Kier alpha value is -2.02. The fraction of sp³-hybridized carbons (Fsp3) is 0.891. The number of ether oxygens (including phenoxy) is 6. The third kappa shape index (κ3) is 29.6. The van der Waals surface area contributed by atoms with Crippen LogP contribution >= 0.6 is 0 Å². The predicted molar refractivity (Wildman–Crippen MR) is 271 cm³/mol. The highest BCUT2D eigenvalue weighted by Crippen LogP contribution is 2.27. The monoisotopic (exact) mass is 1000 g/mol. The van der Waals surface area contributed by atoms with Crippen LogP contribution in [0.2, 0.25) is 0 Å². The fourth-order valence-electron chi connectivity index (χ4n) is 8.96. The summed E-state index contributed by atoms with van der Waals surface area (Å²) in [6.45, 7) is 4.15. The molecule has 0 aliphatic carbocycles. The van der Waals surface area contributed by atoms with Crippen molar-refractivity contribution in [2.24, 2.45) is 0 Å². The lowest BCUT2D eigenvalue weighted by Crippen LogP contribution is -2.61. The van der Waals surface area contributed by atoms with Crippen LogP contribution in [0.5, 0.6) is 0 Å². The van der Waals surface area contributed by atoms with Crippen molar-refractivity contribution in [3.8, 4) is 0 Å². The molecular weight excluding hydrogens is 901 g/mol. The van der Waals surface area contributed by atoms with E-state index in [4.69, 9.17) is 28.4 Å². The van der Waals surface area contributed by atoms with Crippen LogP contribution in [0, 0.1) is 0 Å². The predicted octanol–water partition coefficient (Wildman–Crippen LogP) is 8.72. The van der Waals surface area contributed by atoms with Crippen LogP contribution < -0.4 is 0 Å². The summed E-state index contributed by atoms with van der Waals surface area (Å²) in [6, 6.07) is 0. The van der Waals surface area contributed by atoms with E-state index in [2.05, 4.69) is 25.7 Å². The average Bonchev–Trinajstić information content (AvgIpc) is 3.35. The van der Waals surface area contributed by atoms with Gasteiger partial charge in [-0.2, -0.15) is 0 Å². The number of carbonyl (C=O) groups is 2. The molecule has 410 valence electrons. The molecule has 7 N–H and O–H groups in total. The maximum atomic E-state index is 13.0. The Morgan fingerprint density at radius 3 is 1.36 bits per heavy atom. The Kier molecular flexibility index (Phi) is 38.8. The van der Waals surface area contributed by atoms with Gasteiger partial charge in [0.1, 0.15) is 55.4 Å². The number of unbranched alkanes of at least 4 members (excludes halogenated alkanes) is 28. The smallest absolute Gasteiger partial charge is 0.306 e. The van der Waals surface area contributed by atoms with Crippen LogP contribution in [0.25, 0.3) is 0 Å². The van der Waals surface area contributed by atoms with Crippen molar-refractivity contribution < 1.29 is 73.8 Å². The van der Waals surface area contributed by atoms with E-state index in [1.54, 1.807) is 0 Å². The van der Waals surface area contributed by atoms with Crippen LogP contribution in [0.15, 0.2) is 24.8 Å². The summed E-state index contributed by atoms with van der Waals surface area (Å²) in [5, 5.41) is 72.2. The quantitative estimate of drug-likeness (QED) is 0.0172. The summed E-state index contributed by atoms with van der Waals surface area (Å²) < 4.78 is 33.7. The van der Waals surface area contributed by atoms with E-state index in [1.165, 1.54) is 135 Å². The molecule has 0 amide bonds. The zero-order chi connectivity index (χ0) is 51.0. The molecule has 2 heterocycles. The average molecular weight is 1000 g/mol. The van der Waals surface area contributed by atoms with E-state index in [1.807, 2.05) is 6.08 Å². The van der Waals surface area contributed by atoms with E-state index in [-0.39, 0.29) is 26.1 Å². The summed E-state index contributed by atoms with van der Waals surface area (Å²) in [5.74, 6) is -0.921. The molecule has 15 nitrogen and oxygen atoms in total. The van der Waals surface area contributed by atoms with Crippen molar-refractivity contribution in [1.82, 2.24) is 0 Å². The van der Waals surface area contributed by atoms with Crippen molar-refractivity contribution in [2.75, 3.05) is 26.4 Å². The van der Waals surface area contributed by atoms with Gasteiger partial charge in [-0.1, -0.05) is 173 Å². The molecule has 2 saturated heterocycles. The number of aliphatic hydroxyl groups excluding tert-OH is 7. The van der Waals surface area contributed by atoms with E-state index in [0.29, 0.717) is 12.8 Å². The fourth-order valence-corrected chi connectivity index (χ4v) is 8.96. The summed E-state index contributed by atoms with van der Waals surface area (Å²) in [7, 11) is 0. The molecule has 70 heavy (non-hydrogen) atoms. The molecule has 11 atom stereocenters. The zero-order valence-electron chi connectivity index (χ0n) is 43.3. The van der Waals surface area contributed by atoms with Gasteiger partial charge in [0.25, 0.3) is 0 Å². The molecule has 0 saturated carbocycles. The van der Waals surface area contributed by atoms with Gasteiger partial charge in [0.15, 0.2) is 18.7 Å². The number of hydrogen-bond donors (Lipinski definition) is 7. The standard InChI is InChI=1S/C55H100O15/c1-3-5-7-9-11-13-15-17-19-20-21-22-24-26-28-30-32-34-36-38-47(58)68-43(40-65-46(57)37-35-33-31-29-27-25-23-18-16-14-12-10-8-6-4-2)41-66-54-53(64)51(62)49(60)45(70-54)42-67-55-52(63)50(61)48(59)44(39-56)69-55/h4,17,19,43-45,48-56,59-64H,2-3,5-16,18,20-42H2,1H3/b19-17+/t43-,44+,45+,48-,49-,50?,51?,52?,53?,54+,55+/m1/s1. The van der Waals surface area contributed by atoms with Crippen LogP contribution in [-0.4, -0.2) is 142 Å². The lowest BCUT2D eigenvalue weighted by molar-refractivity contribution is -0.332. The van der Waals surface area contributed by atoms with Gasteiger partial charge >= 0.3 is 11.9 Å². The second kappa shape index (κ2) is 42.3. The number of aliphatic hydroxyl groups is 7. The van der Waals surface area contributed by atoms with E-state index >= 15 is 0 Å². The molecule has 4 unspecified atom stereocenters. The maximum absolute atomic E-state index is 13.0. The summed E-state index contributed by atoms with van der Waals surface area (Å²) in [5.41, 5.74) is 0. The number of hydrogen-bond acceptors (Lipinski definition) is 15. The topological polar surface area (TPSA) is 231 Å². The van der Waals surface area contributed by atoms with E-state index in [9.17, 15) is 45.3 Å². The molecule has 0 aromatic rings. The van der Waals surface area contributed by atoms with Crippen molar-refractivity contribution in [3.05, 3.63) is 24.8 Å². The van der Waals surface area contributed by atoms with Gasteiger partial charge in [0.05, 0.1) is 19.8 Å². The largest absolute Gasteiger partial charge is 0.462 e. The second-order valence-corrected chi connectivity index (χ2v) is 19.8. The Labute approximate surface area is 422 Å². The Balaban J connectivity index is 1.76. The third-order valence-corrected chi connectivity index (χ3v) is 13.5. The molecule has 0 aromatic heterocycles. The van der Waals surface area contributed by atoms with Crippen LogP contribution in [-0.2, 0) is 38.0 Å². The number of allylic oxidation sites excluding steroid dienone is 3. The van der Waals surface area contributed by atoms with Gasteiger partial charge in [0, 0.05) is 12.8 Å². The first-order valence-corrected chi connectivity index (χ1v) is 27.9. The molecular formula is C55H100O15. The highest BCUT2D eigenvalue weighted by atomic mass is 16.7. The second-order valence-electron chi connectivity index (χ2n) is 19.8. The van der Waals surface area contributed by atoms with Gasteiger partial charge in [-0.05, 0) is 51.4 Å². The minimum absolute atomic E-state index is 0.165. The number of rotatable bonds is 45. The molecule has 2 fully saturated rings. The third-order valence-electron chi connectivity index (χ3n) is 13.5.